The number of imidazole rings is 1. The lowest BCUT2D eigenvalue weighted by atomic mass is 9.87. The predicted octanol–water partition coefficient (Wildman–Crippen LogP) is 3.64. The molecule has 0 aliphatic carbocycles. The molecule has 1 aromatic carbocycles. The van der Waals surface area contributed by atoms with Crippen LogP contribution in [0.5, 0.6) is 0 Å². The molecule has 110 valence electrons. The van der Waals surface area contributed by atoms with Crippen LogP contribution in [0.1, 0.15) is 32.6 Å². The van der Waals surface area contributed by atoms with E-state index in [9.17, 15) is 13.2 Å². The Morgan fingerprint density at radius 1 is 1.20 bits per heavy atom. The van der Waals surface area contributed by atoms with Crippen molar-refractivity contribution in [1.29, 1.82) is 0 Å². The van der Waals surface area contributed by atoms with Gasteiger partial charge in [0.1, 0.15) is 12.4 Å². The largest absolute Gasteiger partial charge is 0.406 e. The highest BCUT2D eigenvalue weighted by Gasteiger charge is 2.33. The number of aromatic nitrogens is 2. The van der Waals surface area contributed by atoms with E-state index in [1.54, 1.807) is 24.3 Å². The second-order valence-electron chi connectivity index (χ2n) is 6.00. The van der Waals surface area contributed by atoms with Gasteiger partial charge in [0.15, 0.2) is 0 Å². The Hall–Kier alpha value is -1.56. The Morgan fingerprint density at radius 2 is 1.80 bits per heavy atom. The van der Waals surface area contributed by atoms with Crippen molar-refractivity contribution in [3.05, 3.63) is 30.1 Å². The highest BCUT2D eigenvalue weighted by atomic mass is 19.4. The monoisotopic (exact) mass is 285 g/mol. The Labute approximate surface area is 115 Å². The molecular weight excluding hydrogens is 267 g/mol. The fraction of sp³-hybridized carbons (Fsp3) is 0.500. The highest BCUT2D eigenvalue weighted by Crippen LogP contribution is 2.33. The molecule has 0 aliphatic heterocycles. The molecule has 6 heteroatoms. The van der Waals surface area contributed by atoms with Crippen molar-refractivity contribution >= 4 is 11.0 Å². The summed E-state index contributed by atoms with van der Waals surface area (Å²) in [7, 11) is 0. The Kier molecular flexibility index (Phi) is 3.54. The molecule has 1 aromatic heterocycles. The van der Waals surface area contributed by atoms with Crippen molar-refractivity contribution in [2.24, 2.45) is 11.1 Å². The third-order valence-electron chi connectivity index (χ3n) is 3.23. The molecule has 0 saturated heterocycles. The molecule has 1 atom stereocenters. The molecule has 0 amide bonds. The van der Waals surface area contributed by atoms with Gasteiger partial charge < -0.3 is 10.3 Å². The Balaban J connectivity index is 2.61. The van der Waals surface area contributed by atoms with Crippen molar-refractivity contribution in [1.82, 2.24) is 9.55 Å². The fourth-order valence-electron chi connectivity index (χ4n) is 2.06. The number of alkyl halides is 3. The van der Waals surface area contributed by atoms with Crippen LogP contribution in [0.15, 0.2) is 24.3 Å². The zero-order chi connectivity index (χ0) is 15.1. The van der Waals surface area contributed by atoms with Crippen molar-refractivity contribution < 1.29 is 13.2 Å². The summed E-state index contributed by atoms with van der Waals surface area (Å²) in [4.78, 5) is 4.30. The number of nitrogens with two attached hydrogens (primary N) is 1. The van der Waals surface area contributed by atoms with Gasteiger partial charge in [0.25, 0.3) is 0 Å². The van der Waals surface area contributed by atoms with E-state index >= 15 is 0 Å². The lowest BCUT2D eigenvalue weighted by molar-refractivity contribution is -0.140. The van der Waals surface area contributed by atoms with Gasteiger partial charge in [-0.3, -0.25) is 0 Å². The maximum Gasteiger partial charge on any atom is 0.406 e. The molecule has 1 heterocycles. The van der Waals surface area contributed by atoms with Gasteiger partial charge in [-0.15, -0.1) is 0 Å². The molecule has 3 nitrogen and oxygen atoms in total. The Morgan fingerprint density at radius 3 is 2.35 bits per heavy atom. The molecule has 0 saturated carbocycles. The lowest BCUT2D eigenvalue weighted by Gasteiger charge is -2.27. The molecule has 2 aromatic rings. The zero-order valence-corrected chi connectivity index (χ0v) is 11.7. The van der Waals surface area contributed by atoms with Crippen LogP contribution in [0.25, 0.3) is 11.0 Å². The number of para-hydroxylation sites is 2. The van der Waals surface area contributed by atoms with E-state index in [0.717, 1.165) is 0 Å². The number of benzene rings is 1. The summed E-state index contributed by atoms with van der Waals surface area (Å²) in [6.07, 6.45) is -4.31. The van der Waals surface area contributed by atoms with Crippen molar-refractivity contribution in [3.63, 3.8) is 0 Å². The van der Waals surface area contributed by atoms with Crippen LogP contribution in [0.2, 0.25) is 0 Å². The minimum Gasteiger partial charge on any atom is -0.321 e. The predicted molar refractivity (Wildman–Crippen MR) is 72.2 cm³/mol. The van der Waals surface area contributed by atoms with Crippen LogP contribution >= 0.6 is 0 Å². The third kappa shape index (κ3) is 2.95. The summed E-state index contributed by atoms with van der Waals surface area (Å²) in [6, 6.07) is 6.20. The maximum atomic E-state index is 12.8. The summed E-state index contributed by atoms with van der Waals surface area (Å²) in [5.74, 6) is 0.274. The van der Waals surface area contributed by atoms with E-state index in [1.807, 2.05) is 20.8 Å². The smallest absolute Gasteiger partial charge is 0.321 e. The van der Waals surface area contributed by atoms with Crippen LogP contribution < -0.4 is 5.73 Å². The van der Waals surface area contributed by atoms with E-state index in [1.165, 1.54) is 4.57 Å². The van der Waals surface area contributed by atoms with E-state index in [4.69, 9.17) is 5.73 Å². The first kappa shape index (κ1) is 14.8. The summed E-state index contributed by atoms with van der Waals surface area (Å²) >= 11 is 0. The number of nitrogens with zero attached hydrogens (tertiary/aromatic N) is 2. The quantitative estimate of drug-likeness (QED) is 0.915. The van der Waals surface area contributed by atoms with Crippen molar-refractivity contribution in [2.75, 3.05) is 0 Å². The van der Waals surface area contributed by atoms with E-state index in [0.29, 0.717) is 11.0 Å². The van der Waals surface area contributed by atoms with E-state index in [-0.39, 0.29) is 11.2 Å². The van der Waals surface area contributed by atoms with Crippen LogP contribution in [0.4, 0.5) is 13.2 Å². The summed E-state index contributed by atoms with van der Waals surface area (Å²) in [5, 5.41) is 0. The molecule has 2 rings (SSSR count). The minimum absolute atomic E-state index is 0.274. The van der Waals surface area contributed by atoms with Gasteiger partial charge in [0, 0.05) is 0 Å². The number of halogens is 3. The molecule has 0 bridgehead atoms. The summed E-state index contributed by atoms with van der Waals surface area (Å²) < 4.78 is 39.6. The van der Waals surface area contributed by atoms with Gasteiger partial charge in [0.2, 0.25) is 0 Å². The first-order valence-corrected chi connectivity index (χ1v) is 6.37. The standard InChI is InChI=1S/C14H18F3N3/c1-13(2,3)11(18)12-19-9-6-4-5-7-10(9)20(12)8-14(15,16)17/h4-7,11H,8,18H2,1-3H3. The van der Waals surface area contributed by atoms with E-state index in [2.05, 4.69) is 4.98 Å². The molecular formula is C14H18F3N3. The SMILES string of the molecule is CC(C)(C)C(N)c1nc2ccccc2n1CC(F)(F)F. The van der Waals surface area contributed by atoms with Crippen molar-refractivity contribution in [3.8, 4) is 0 Å². The second kappa shape index (κ2) is 4.77. The summed E-state index contributed by atoms with van der Waals surface area (Å²) in [6.45, 7) is 4.57. The van der Waals surface area contributed by atoms with E-state index < -0.39 is 18.8 Å². The van der Waals surface area contributed by atoms with Gasteiger partial charge in [-0.1, -0.05) is 32.9 Å². The van der Waals surface area contributed by atoms with Crippen LogP contribution in [0, 0.1) is 5.41 Å². The van der Waals surface area contributed by atoms with Gasteiger partial charge >= 0.3 is 6.18 Å². The van der Waals surface area contributed by atoms with Gasteiger partial charge in [-0.05, 0) is 17.5 Å². The second-order valence-corrected chi connectivity index (χ2v) is 6.00. The third-order valence-corrected chi connectivity index (χ3v) is 3.23. The number of hydrogen-bond donors (Lipinski definition) is 1. The minimum atomic E-state index is -4.31. The average Bonchev–Trinajstić information content (AvgIpc) is 2.64. The molecule has 1 unspecified atom stereocenters. The molecule has 0 spiro atoms. The van der Waals surface area contributed by atoms with Gasteiger partial charge in [0.05, 0.1) is 17.1 Å². The number of rotatable bonds is 2. The number of hydrogen-bond acceptors (Lipinski definition) is 2. The molecule has 0 aliphatic rings. The topological polar surface area (TPSA) is 43.8 Å². The molecule has 2 N–H and O–H groups in total. The highest BCUT2D eigenvalue weighted by molar-refractivity contribution is 5.76. The molecule has 20 heavy (non-hydrogen) atoms. The lowest BCUT2D eigenvalue weighted by Crippen LogP contribution is -2.31. The first-order valence-electron chi connectivity index (χ1n) is 6.37. The van der Waals surface area contributed by atoms with Gasteiger partial charge in [-0.25, -0.2) is 4.98 Å². The summed E-state index contributed by atoms with van der Waals surface area (Å²) in [5.41, 5.74) is 6.73. The zero-order valence-electron chi connectivity index (χ0n) is 11.7. The van der Waals surface area contributed by atoms with Crippen LogP contribution in [0.3, 0.4) is 0 Å². The molecule has 0 radical (unpaired) electrons. The maximum absolute atomic E-state index is 12.8. The first-order chi connectivity index (χ1) is 9.09. The normalized spacial score (nSPS) is 14.8. The van der Waals surface area contributed by atoms with Crippen LogP contribution in [-0.4, -0.2) is 15.7 Å². The average molecular weight is 285 g/mol. The Bertz CT molecular complexity index is 608. The number of fused-ring (bicyclic) bond motifs is 1. The molecule has 0 fully saturated rings. The van der Waals surface area contributed by atoms with Gasteiger partial charge in [-0.2, -0.15) is 13.2 Å². The van der Waals surface area contributed by atoms with Crippen molar-refractivity contribution in [2.45, 2.75) is 39.5 Å². The fourth-order valence-corrected chi connectivity index (χ4v) is 2.06. The van der Waals surface area contributed by atoms with Crippen LogP contribution in [-0.2, 0) is 6.54 Å².